The molecule has 0 aliphatic heterocycles. The van der Waals surface area contributed by atoms with Crippen LogP contribution in [0.5, 0.6) is 0 Å². The minimum atomic E-state index is 0.178. The molecular formula is C20H24N2O2. The number of hydrogen-bond acceptors (Lipinski definition) is 4. The van der Waals surface area contributed by atoms with Crippen LogP contribution in [0.25, 0.3) is 0 Å². The van der Waals surface area contributed by atoms with E-state index in [0.29, 0.717) is 0 Å². The van der Waals surface area contributed by atoms with Gasteiger partial charge in [-0.15, -0.1) is 0 Å². The zero-order valence-electron chi connectivity index (χ0n) is 14.2. The van der Waals surface area contributed by atoms with E-state index in [1.807, 2.05) is 0 Å². The average molecular weight is 324 g/mol. The molecule has 0 bridgehead atoms. The highest BCUT2D eigenvalue weighted by Crippen LogP contribution is 2.39. The standard InChI is InChI=1S/C18H22.2CHNO/c1-3-15-18(4-2,16-11-7-5-8-12-16)17-13-9-6-10-14-17;2*2-1-3/h5-14H,3-4,15H2,1-2H3;2*2H. The van der Waals surface area contributed by atoms with Gasteiger partial charge in [0.1, 0.15) is 0 Å². The van der Waals surface area contributed by atoms with Gasteiger partial charge in [0.15, 0.2) is 0 Å². The van der Waals surface area contributed by atoms with Crippen LogP contribution in [0.1, 0.15) is 44.2 Å². The third kappa shape index (κ3) is 6.13. The second-order valence-corrected chi connectivity index (χ2v) is 5.12. The minimum Gasteiger partial charge on any atom is -0.222 e. The van der Waals surface area contributed by atoms with Gasteiger partial charge in [-0.1, -0.05) is 80.9 Å². The lowest BCUT2D eigenvalue weighted by atomic mass is 9.69. The van der Waals surface area contributed by atoms with Gasteiger partial charge in [-0.3, -0.25) is 0 Å². The average Bonchev–Trinajstić information content (AvgIpc) is 2.63. The smallest absolute Gasteiger partial charge is 0.222 e. The van der Waals surface area contributed by atoms with E-state index in [1.165, 1.54) is 24.0 Å². The number of hydrogen-bond donors (Lipinski definition) is 2. The van der Waals surface area contributed by atoms with E-state index in [2.05, 4.69) is 74.5 Å². The molecule has 2 rings (SSSR count). The molecule has 0 aliphatic rings. The van der Waals surface area contributed by atoms with E-state index in [-0.39, 0.29) is 5.41 Å². The van der Waals surface area contributed by atoms with Gasteiger partial charge < -0.3 is 0 Å². The molecule has 0 atom stereocenters. The maximum Gasteiger partial charge on any atom is 0.231 e. The first-order valence-electron chi connectivity index (χ1n) is 7.85. The zero-order chi connectivity index (χ0) is 18.3. The lowest BCUT2D eigenvalue weighted by molar-refractivity contribution is 0.450. The molecule has 2 N–H and O–H groups in total. The summed E-state index contributed by atoms with van der Waals surface area (Å²) in [6.45, 7) is 4.58. The van der Waals surface area contributed by atoms with E-state index in [0.717, 1.165) is 18.6 Å². The van der Waals surface area contributed by atoms with Crippen LogP contribution < -0.4 is 0 Å². The first-order valence-corrected chi connectivity index (χ1v) is 7.85. The predicted molar refractivity (Wildman–Crippen MR) is 95.7 cm³/mol. The third-order valence-electron chi connectivity index (χ3n) is 3.93. The summed E-state index contributed by atoms with van der Waals surface area (Å²) in [5.74, 6) is 0. The molecule has 0 amide bonds. The van der Waals surface area contributed by atoms with Crippen molar-refractivity contribution in [2.75, 3.05) is 0 Å². The van der Waals surface area contributed by atoms with Gasteiger partial charge >= 0.3 is 0 Å². The highest BCUT2D eigenvalue weighted by molar-refractivity contribution is 5.39. The summed E-state index contributed by atoms with van der Waals surface area (Å²) < 4.78 is 0. The Hall–Kier alpha value is -2.80. The van der Waals surface area contributed by atoms with Crippen molar-refractivity contribution in [2.45, 2.75) is 38.5 Å². The fraction of sp³-hybridized carbons (Fsp3) is 0.300. The molecule has 0 aliphatic carbocycles. The van der Waals surface area contributed by atoms with Crippen molar-refractivity contribution in [3.63, 3.8) is 0 Å². The molecule has 0 spiro atoms. The molecule has 0 unspecified atom stereocenters. The Labute approximate surface area is 143 Å². The van der Waals surface area contributed by atoms with Gasteiger partial charge in [-0.2, -0.15) is 0 Å². The summed E-state index contributed by atoms with van der Waals surface area (Å²) in [6, 6.07) is 21.9. The molecule has 0 fully saturated rings. The Morgan fingerprint density at radius 1 is 0.792 bits per heavy atom. The summed E-state index contributed by atoms with van der Waals surface area (Å²) in [5.41, 5.74) is 3.07. The van der Waals surface area contributed by atoms with Crippen LogP contribution in [0.2, 0.25) is 0 Å². The third-order valence-corrected chi connectivity index (χ3v) is 3.93. The van der Waals surface area contributed by atoms with Crippen LogP contribution in [0.4, 0.5) is 0 Å². The molecule has 24 heavy (non-hydrogen) atoms. The van der Waals surface area contributed by atoms with Crippen molar-refractivity contribution < 1.29 is 9.59 Å². The molecule has 2 aromatic rings. The normalized spacial score (nSPS) is 9.25. The van der Waals surface area contributed by atoms with Crippen LogP contribution in [0.3, 0.4) is 0 Å². The highest BCUT2D eigenvalue weighted by atomic mass is 16.1. The Kier molecular flexibility index (Phi) is 11.2. The molecule has 0 radical (unpaired) electrons. The quantitative estimate of drug-likeness (QED) is 0.600. The lowest BCUT2D eigenvalue weighted by Crippen LogP contribution is -2.26. The maximum atomic E-state index is 8.35. The Bertz CT molecular complexity index is 576. The van der Waals surface area contributed by atoms with Crippen molar-refractivity contribution in [1.29, 1.82) is 10.8 Å². The minimum absolute atomic E-state index is 0.178. The first-order chi connectivity index (χ1) is 11.7. The van der Waals surface area contributed by atoms with Crippen LogP contribution in [0, 0.1) is 10.8 Å². The largest absolute Gasteiger partial charge is 0.231 e. The van der Waals surface area contributed by atoms with Gasteiger partial charge in [0.05, 0.1) is 0 Å². The Balaban J connectivity index is 0.000000772. The second kappa shape index (κ2) is 12.7. The van der Waals surface area contributed by atoms with E-state index >= 15 is 0 Å². The zero-order valence-corrected chi connectivity index (χ0v) is 14.2. The summed E-state index contributed by atoms with van der Waals surface area (Å²) in [5, 5.41) is 10.8. The maximum absolute atomic E-state index is 8.35. The van der Waals surface area contributed by atoms with Crippen molar-refractivity contribution in [3.05, 3.63) is 71.8 Å². The lowest BCUT2D eigenvalue weighted by Gasteiger charge is -2.34. The van der Waals surface area contributed by atoms with E-state index in [4.69, 9.17) is 20.4 Å². The van der Waals surface area contributed by atoms with Crippen LogP contribution in [-0.2, 0) is 15.0 Å². The summed E-state index contributed by atoms with van der Waals surface area (Å²) in [7, 11) is 0. The Morgan fingerprint density at radius 3 is 1.38 bits per heavy atom. The van der Waals surface area contributed by atoms with Gasteiger partial charge in [-0.05, 0) is 24.0 Å². The SMILES string of the molecule is CCCC(CC)(c1ccccc1)c1ccccc1.N=C=O.N=C=O. The molecule has 126 valence electrons. The Morgan fingerprint density at radius 2 is 1.12 bits per heavy atom. The van der Waals surface area contributed by atoms with Crippen molar-refractivity contribution in [1.82, 2.24) is 0 Å². The summed E-state index contributed by atoms with van der Waals surface area (Å²) in [6.07, 6.45) is 5.06. The number of nitrogens with one attached hydrogen (secondary N) is 2. The fourth-order valence-electron chi connectivity index (χ4n) is 2.98. The topological polar surface area (TPSA) is 81.8 Å². The van der Waals surface area contributed by atoms with Crippen LogP contribution in [-0.4, -0.2) is 12.2 Å². The molecule has 0 aromatic heterocycles. The van der Waals surface area contributed by atoms with Crippen LogP contribution in [0.15, 0.2) is 60.7 Å². The van der Waals surface area contributed by atoms with Crippen molar-refractivity contribution in [2.24, 2.45) is 0 Å². The molecule has 2 aromatic carbocycles. The summed E-state index contributed by atoms with van der Waals surface area (Å²) in [4.78, 5) is 16.7. The molecule has 0 saturated carbocycles. The fourth-order valence-corrected chi connectivity index (χ4v) is 2.98. The molecule has 0 heterocycles. The number of isocyanates is 2. The molecule has 0 saturated heterocycles. The van der Waals surface area contributed by atoms with Gasteiger partial charge in [0, 0.05) is 5.41 Å². The van der Waals surface area contributed by atoms with Crippen LogP contribution >= 0.6 is 0 Å². The number of benzene rings is 2. The van der Waals surface area contributed by atoms with E-state index in [9.17, 15) is 0 Å². The van der Waals surface area contributed by atoms with Crippen molar-refractivity contribution >= 4 is 12.2 Å². The second-order valence-electron chi connectivity index (χ2n) is 5.12. The molecular weight excluding hydrogens is 300 g/mol. The first kappa shape index (κ1) is 21.2. The van der Waals surface area contributed by atoms with E-state index < -0.39 is 0 Å². The molecule has 4 heteroatoms. The van der Waals surface area contributed by atoms with E-state index in [1.54, 1.807) is 0 Å². The van der Waals surface area contributed by atoms with Gasteiger partial charge in [0.25, 0.3) is 0 Å². The highest BCUT2D eigenvalue weighted by Gasteiger charge is 2.30. The van der Waals surface area contributed by atoms with Gasteiger partial charge in [-0.25, -0.2) is 20.4 Å². The number of rotatable bonds is 5. The van der Waals surface area contributed by atoms with Crippen molar-refractivity contribution in [3.8, 4) is 0 Å². The number of carbonyl (C=O) groups excluding carboxylic acids is 2. The predicted octanol–water partition coefficient (Wildman–Crippen LogP) is 4.98. The monoisotopic (exact) mass is 324 g/mol. The summed E-state index contributed by atoms with van der Waals surface area (Å²) >= 11 is 0. The van der Waals surface area contributed by atoms with Gasteiger partial charge in [0.2, 0.25) is 12.2 Å². The molecule has 4 nitrogen and oxygen atoms in total.